The fourth-order valence-corrected chi connectivity index (χ4v) is 3.21. The first-order valence-corrected chi connectivity index (χ1v) is 6.76. The summed E-state index contributed by atoms with van der Waals surface area (Å²) in [4.78, 5) is 12.6. The number of rotatable bonds is 1. The zero-order valence-electron chi connectivity index (χ0n) is 10.3. The lowest BCUT2D eigenvalue weighted by Gasteiger charge is -2.21. The summed E-state index contributed by atoms with van der Waals surface area (Å²) in [5.74, 6) is -0.931. The van der Waals surface area contributed by atoms with Crippen molar-refractivity contribution < 1.29 is 20.1 Å². The molecule has 1 heterocycles. The number of aromatic hydroxyl groups is 1. The lowest BCUT2D eigenvalue weighted by Crippen LogP contribution is -3.00. The number of hydrogen-bond acceptors (Lipinski definition) is 4. The molecule has 3 rings (SSSR count). The zero-order chi connectivity index (χ0) is 14.3. The van der Waals surface area contributed by atoms with Crippen molar-refractivity contribution in [3.8, 4) is 5.75 Å². The Labute approximate surface area is 119 Å². The minimum atomic E-state index is -1.05. The average Bonchev–Trinajstić information content (AvgIpc) is 2.54. The van der Waals surface area contributed by atoms with Gasteiger partial charge in [-0.25, -0.2) is 4.79 Å². The molecule has 0 aromatic heterocycles. The summed E-state index contributed by atoms with van der Waals surface area (Å²) in [7, 11) is 0. The molecule has 0 aliphatic carbocycles. The van der Waals surface area contributed by atoms with Crippen molar-refractivity contribution in [2.24, 2.45) is 0 Å². The van der Waals surface area contributed by atoms with Gasteiger partial charge in [-0.2, -0.15) is 0 Å². The van der Waals surface area contributed by atoms with Gasteiger partial charge in [0.2, 0.25) is 0 Å². The first-order valence-electron chi connectivity index (χ1n) is 5.95. The number of phenolic OH excluding ortho intramolecular Hbond substituents is 1. The SMILES string of the molecule is O=C(O)c1ccc2c(c1)[NH+]([O-])Cc1cc(O)ccc1S2. The number of aromatic carboxylic acids is 1. The molecule has 6 heteroatoms. The van der Waals surface area contributed by atoms with E-state index < -0.39 is 5.97 Å². The van der Waals surface area contributed by atoms with Gasteiger partial charge in [0.25, 0.3) is 0 Å². The van der Waals surface area contributed by atoms with Gasteiger partial charge >= 0.3 is 5.97 Å². The number of quaternary nitrogens is 1. The van der Waals surface area contributed by atoms with E-state index in [2.05, 4.69) is 0 Å². The average molecular weight is 289 g/mol. The van der Waals surface area contributed by atoms with Crippen molar-refractivity contribution in [3.63, 3.8) is 0 Å². The van der Waals surface area contributed by atoms with Gasteiger partial charge in [0, 0.05) is 16.5 Å². The van der Waals surface area contributed by atoms with Crippen LogP contribution < -0.4 is 5.06 Å². The molecule has 1 atom stereocenters. The number of phenols is 1. The van der Waals surface area contributed by atoms with Crippen molar-refractivity contribution in [2.45, 2.75) is 16.3 Å². The monoisotopic (exact) mass is 289 g/mol. The third-order valence-electron chi connectivity index (χ3n) is 3.14. The third-order valence-corrected chi connectivity index (χ3v) is 4.34. The second kappa shape index (κ2) is 4.82. The first-order chi connectivity index (χ1) is 9.54. The van der Waals surface area contributed by atoms with Crippen LogP contribution in [0.25, 0.3) is 0 Å². The van der Waals surface area contributed by atoms with E-state index in [1.807, 2.05) is 0 Å². The standard InChI is InChI=1S/C14H11NO4S/c16-10-2-4-12-9(5-10)7-15(19)11-6-8(14(17)18)1-3-13(11)20-12/h1-6,15-16H,7H2,(H,17,18). The normalized spacial score (nSPS) is 16.9. The summed E-state index contributed by atoms with van der Waals surface area (Å²) in [6, 6.07) is 9.48. The molecule has 0 bridgehead atoms. The van der Waals surface area contributed by atoms with Crippen LogP contribution in [0.3, 0.4) is 0 Å². The highest BCUT2D eigenvalue weighted by atomic mass is 32.2. The van der Waals surface area contributed by atoms with Crippen LogP contribution in [0.5, 0.6) is 5.75 Å². The number of carboxylic acids is 1. The van der Waals surface area contributed by atoms with Crippen LogP contribution in [0.4, 0.5) is 5.69 Å². The highest BCUT2D eigenvalue weighted by Crippen LogP contribution is 2.37. The van der Waals surface area contributed by atoms with Crippen LogP contribution in [0.1, 0.15) is 15.9 Å². The van der Waals surface area contributed by atoms with Gasteiger partial charge in [-0.15, -0.1) is 0 Å². The second-order valence-corrected chi connectivity index (χ2v) is 5.59. The Morgan fingerprint density at radius 3 is 2.70 bits per heavy atom. The first kappa shape index (κ1) is 13.0. The van der Waals surface area contributed by atoms with E-state index in [0.29, 0.717) is 5.69 Å². The highest BCUT2D eigenvalue weighted by Gasteiger charge is 2.21. The Morgan fingerprint density at radius 2 is 1.95 bits per heavy atom. The summed E-state index contributed by atoms with van der Waals surface area (Å²) in [5.41, 5.74) is 1.28. The molecular weight excluding hydrogens is 278 g/mol. The number of hydroxylamine groups is 1. The fourth-order valence-electron chi connectivity index (χ4n) is 2.16. The molecule has 0 spiro atoms. The topological polar surface area (TPSA) is 85.0 Å². The summed E-state index contributed by atoms with van der Waals surface area (Å²) >= 11 is 1.41. The van der Waals surface area contributed by atoms with Crippen LogP contribution in [0.15, 0.2) is 46.2 Å². The van der Waals surface area contributed by atoms with Crippen molar-refractivity contribution in [2.75, 3.05) is 0 Å². The number of fused-ring (bicyclic) bond motifs is 2. The van der Waals surface area contributed by atoms with E-state index in [1.165, 1.54) is 23.9 Å². The van der Waals surface area contributed by atoms with Crippen LogP contribution >= 0.6 is 11.8 Å². The van der Waals surface area contributed by atoms with E-state index in [9.17, 15) is 15.1 Å². The smallest absolute Gasteiger partial charge is 0.335 e. The zero-order valence-corrected chi connectivity index (χ0v) is 11.1. The van der Waals surface area contributed by atoms with Gasteiger partial charge in [0.1, 0.15) is 18.0 Å². The maximum atomic E-state index is 12.3. The molecule has 102 valence electrons. The van der Waals surface area contributed by atoms with Crippen molar-refractivity contribution in [3.05, 3.63) is 52.7 Å². The third kappa shape index (κ3) is 2.24. The molecular formula is C14H11NO4S. The number of carbonyl (C=O) groups is 1. The molecule has 1 aliphatic heterocycles. The lowest BCUT2D eigenvalue weighted by molar-refractivity contribution is -0.793. The number of hydrogen-bond donors (Lipinski definition) is 3. The van der Waals surface area contributed by atoms with Crippen molar-refractivity contribution >= 4 is 23.4 Å². The van der Waals surface area contributed by atoms with Gasteiger partial charge in [-0.05, 0) is 30.3 Å². The number of nitrogens with one attached hydrogen (secondary N) is 1. The van der Waals surface area contributed by atoms with E-state index >= 15 is 0 Å². The van der Waals surface area contributed by atoms with Crippen molar-refractivity contribution in [1.29, 1.82) is 0 Å². The maximum Gasteiger partial charge on any atom is 0.335 e. The quantitative estimate of drug-likeness (QED) is 0.697. The largest absolute Gasteiger partial charge is 0.629 e. The molecule has 2 aromatic carbocycles. The minimum Gasteiger partial charge on any atom is -0.629 e. The Balaban J connectivity index is 2.10. The Kier molecular flexibility index (Phi) is 3.13. The fraction of sp³-hybridized carbons (Fsp3) is 0.0714. The summed E-state index contributed by atoms with van der Waals surface area (Å²) < 4.78 is 0. The highest BCUT2D eigenvalue weighted by molar-refractivity contribution is 7.99. The predicted octanol–water partition coefficient (Wildman–Crippen LogP) is 1.77. The number of carboxylic acid groups (broad SMARTS) is 1. The number of benzene rings is 2. The minimum absolute atomic E-state index is 0.103. The Morgan fingerprint density at radius 1 is 1.20 bits per heavy atom. The molecule has 3 N–H and O–H groups in total. The van der Waals surface area contributed by atoms with Gasteiger partial charge in [-0.3, -0.25) is 0 Å². The molecule has 0 amide bonds. The molecule has 0 fully saturated rings. The molecule has 1 unspecified atom stereocenters. The van der Waals surface area contributed by atoms with E-state index in [0.717, 1.165) is 15.4 Å². The van der Waals surface area contributed by atoms with Crippen LogP contribution in [0.2, 0.25) is 0 Å². The molecule has 0 radical (unpaired) electrons. The van der Waals surface area contributed by atoms with Crippen LogP contribution in [-0.2, 0) is 6.54 Å². The summed E-state index contributed by atoms with van der Waals surface area (Å²) in [5, 5.41) is 30.6. The molecule has 0 saturated carbocycles. The Hall–Kier alpha value is -2.02. The van der Waals surface area contributed by atoms with E-state index in [4.69, 9.17) is 5.11 Å². The van der Waals surface area contributed by atoms with E-state index in [-0.39, 0.29) is 22.9 Å². The second-order valence-electron chi connectivity index (χ2n) is 4.51. The maximum absolute atomic E-state index is 12.3. The molecule has 0 saturated heterocycles. The molecule has 2 aromatic rings. The Bertz CT molecular complexity index is 702. The van der Waals surface area contributed by atoms with Crippen LogP contribution in [-0.4, -0.2) is 16.2 Å². The summed E-state index contributed by atoms with van der Waals surface area (Å²) in [6.45, 7) is 0.160. The molecule has 5 nitrogen and oxygen atoms in total. The van der Waals surface area contributed by atoms with Crippen LogP contribution in [0, 0.1) is 5.21 Å². The van der Waals surface area contributed by atoms with Gasteiger partial charge in [0.05, 0.1) is 10.5 Å². The molecule has 20 heavy (non-hydrogen) atoms. The lowest BCUT2D eigenvalue weighted by atomic mass is 10.1. The van der Waals surface area contributed by atoms with Crippen molar-refractivity contribution in [1.82, 2.24) is 0 Å². The van der Waals surface area contributed by atoms with Gasteiger partial charge in [-0.1, -0.05) is 11.8 Å². The predicted molar refractivity (Wildman–Crippen MR) is 73.3 cm³/mol. The van der Waals surface area contributed by atoms with Gasteiger partial charge in [0.15, 0.2) is 0 Å². The van der Waals surface area contributed by atoms with Gasteiger partial charge < -0.3 is 20.5 Å². The van der Waals surface area contributed by atoms with E-state index in [1.54, 1.807) is 24.3 Å². The summed E-state index contributed by atoms with van der Waals surface area (Å²) in [6.07, 6.45) is 0. The molecule has 1 aliphatic rings.